The van der Waals surface area contributed by atoms with Crippen molar-refractivity contribution >= 4 is 16.4 Å². The molecule has 0 saturated carbocycles. The van der Waals surface area contributed by atoms with Crippen LogP contribution in [0.2, 0.25) is 0 Å². The van der Waals surface area contributed by atoms with Gasteiger partial charge >= 0.3 is 0 Å². The molecule has 4 heteroatoms. The first-order valence-corrected chi connectivity index (χ1v) is 6.83. The van der Waals surface area contributed by atoms with E-state index < -0.39 is 0 Å². The highest BCUT2D eigenvalue weighted by atomic mass is 35.5. The molecule has 0 unspecified atom stereocenters. The number of benzene rings is 2. The molecule has 0 amide bonds. The van der Waals surface area contributed by atoms with Crippen molar-refractivity contribution in [2.75, 3.05) is 0 Å². The minimum Gasteiger partial charge on any atom is -1.00 e. The van der Waals surface area contributed by atoms with Crippen LogP contribution in [0.3, 0.4) is 0 Å². The van der Waals surface area contributed by atoms with Crippen LogP contribution >= 0.6 is 0 Å². The highest BCUT2D eigenvalue weighted by Gasteiger charge is 2.10. The molecule has 4 rings (SSSR count). The van der Waals surface area contributed by atoms with Gasteiger partial charge in [-0.2, -0.15) is 4.40 Å². The Morgan fingerprint density at radius 1 is 0.818 bits per heavy atom. The predicted molar refractivity (Wildman–Crippen MR) is 84.3 cm³/mol. The van der Waals surface area contributed by atoms with Gasteiger partial charge in [0.15, 0.2) is 5.52 Å². The number of hydrogen-bond acceptors (Lipinski definition) is 0. The van der Waals surface area contributed by atoms with Gasteiger partial charge in [0.1, 0.15) is 18.3 Å². The molecule has 2 aromatic heterocycles. The summed E-state index contributed by atoms with van der Waals surface area (Å²) in [6.07, 6.45) is 4.37. The van der Waals surface area contributed by atoms with Crippen LogP contribution in [-0.4, -0.2) is 9.88 Å². The highest BCUT2D eigenvalue weighted by molar-refractivity contribution is 5.82. The van der Waals surface area contributed by atoms with Gasteiger partial charge in [-0.05, 0) is 23.8 Å². The Hall–Kier alpha value is -2.36. The average molecular weight is 313 g/mol. The van der Waals surface area contributed by atoms with Crippen molar-refractivity contribution in [3.05, 3.63) is 84.8 Å². The lowest BCUT2D eigenvalue weighted by molar-refractivity contribution is -0.686. The second-order valence-corrected chi connectivity index (χ2v) is 5.09. The quantitative estimate of drug-likeness (QED) is 0.452. The van der Waals surface area contributed by atoms with Gasteiger partial charge < -0.3 is 17.9 Å². The smallest absolute Gasteiger partial charge is 0.249 e. The van der Waals surface area contributed by atoms with Crippen LogP contribution in [-0.2, 0) is 6.54 Å². The topological polar surface area (TPSA) is 39.8 Å². The van der Waals surface area contributed by atoms with Gasteiger partial charge in [-0.15, -0.1) is 0 Å². The molecule has 4 aromatic rings. The zero-order valence-electron chi connectivity index (χ0n) is 12.0. The van der Waals surface area contributed by atoms with E-state index in [0.717, 1.165) is 6.54 Å². The molecule has 2 heterocycles. The Morgan fingerprint density at radius 3 is 2.36 bits per heavy atom. The largest absolute Gasteiger partial charge is 1.00 e. The van der Waals surface area contributed by atoms with Gasteiger partial charge in [0, 0.05) is 5.39 Å². The van der Waals surface area contributed by atoms with Crippen LogP contribution in [0.1, 0.15) is 5.56 Å². The molecule has 2 N–H and O–H groups in total. The molecule has 0 fully saturated rings. The zero-order valence-corrected chi connectivity index (χ0v) is 12.7. The molecule has 0 aliphatic carbocycles. The third-order valence-corrected chi connectivity index (χ3v) is 3.68. The Labute approximate surface area is 135 Å². The second-order valence-electron chi connectivity index (χ2n) is 5.09. The second kappa shape index (κ2) is 6.60. The Kier molecular flexibility index (Phi) is 4.81. The Balaban J connectivity index is 0.000000882. The third kappa shape index (κ3) is 2.82. The highest BCUT2D eigenvalue weighted by Crippen LogP contribution is 2.15. The fourth-order valence-corrected chi connectivity index (χ4v) is 2.71. The van der Waals surface area contributed by atoms with Crippen molar-refractivity contribution in [3.63, 3.8) is 0 Å². The van der Waals surface area contributed by atoms with E-state index in [4.69, 9.17) is 0 Å². The molecular formula is C18H17ClN2O. The van der Waals surface area contributed by atoms with Crippen LogP contribution in [0.25, 0.3) is 16.4 Å². The average Bonchev–Trinajstić information content (AvgIpc) is 2.91. The molecule has 0 aliphatic rings. The summed E-state index contributed by atoms with van der Waals surface area (Å²) < 4.78 is 4.48. The molecule has 3 nitrogen and oxygen atoms in total. The van der Waals surface area contributed by atoms with E-state index in [1.165, 1.54) is 22.0 Å². The summed E-state index contributed by atoms with van der Waals surface area (Å²) in [5.74, 6) is 0. The fourth-order valence-electron chi connectivity index (χ4n) is 2.71. The van der Waals surface area contributed by atoms with Crippen LogP contribution in [0.4, 0.5) is 0 Å². The fraction of sp³-hybridized carbons (Fsp3) is 0.0556. The Morgan fingerprint density at radius 2 is 1.55 bits per heavy atom. The van der Waals surface area contributed by atoms with E-state index in [2.05, 4.69) is 88.2 Å². The van der Waals surface area contributed by atoms with Crippen molar-refractivity contribution in [2.24, 2.45) is 0 Å². The third-order valence-electron chi connectivity index (χ3n) is 3.68. The molecule has 0 saturated heterocycles. The maximum atomic E-state index is 2.25. The van der Waals surface area contributed by atoms with Gasteiger partial charge in [-0.25, -0.2) is 4.57 Å². The molecule has 0 spiro atoms. The van der Waals surface area contributed by atoms with Gasteiger partial charge in [-0.1, -0.05) is 48.5 Å². The standard InChI is InChI=1S/C18H15N2.ClH.H2O/c1-2-6-15(7-3-1)12-19-13-17-11-10-16-8-4-5-9-18(16)20(17)14-19;;/h1-11,13-14H,12H2;1H;1H2/q+1;;/p-1. The monoisotopic (exact) mass is 312 g/mol. The molecule has 22 heavy (non-hydrogen) atoms. The number of aromatic nitrogens is 2. The first kappa shape index (κ1) is 16.0. The number of rotatable bonds is 2. The van der Waals surface area contributed by atoms with E-state index in [0.29, 0.717) is 0 Å². The maximum Gasteiger partial charge on any atom is 0.249 e. The molecule has 0 aliphatic heterocycles. The first-order chi connectivity index (χ1) is 9.90. The van der Waals surface area contributed by atoms with E-state index in [-0.39, 0.29) is 17.9 Å². The van der Waals surface area contributed by atoms with Crippen LogP contribution in [0, 0.1) is 0 Å². The lowest BCUT2D eigenvalue weighted by Crippen LogP contribution is -3.00. The van der Waals surface area contributed by atoms with E-state index >= 15 is 0 Å². The van der Waals surface area contributed by atoms with Crippen molar-refractivity contribution in [1.29, 1.82) is 0 Å². The number of fused-ring (bicyclic) bond motifs is 3. The van der Waals surface area contributed by atoms with E-state index in [1.54, 1.807) is 0 Å². The van der Waals surface area contributed by atoms with Gasteiger partial charge in [-0.3, -0.25) is 0 Å². The number of para-hydroxylation sites is 1. The van der Waals surface area contributed by atoms with Crippen LogP contribution < -0.4 is 17.0 Å². The van der Waals surface area contributed by atoms with Crippen molar-refractivity contribution in [1.82, 2.24) is 4.40 Å². The molecule has 112 valence electrons. The number of nitrogens with zero attached hydrogens (tertiary/aromatic N) is 2. The first-order valence-electron chi connectivity index (χ1n) is 6.83. The summed E-state index contributed by atoms with van der Waals surface area (Å²) in [5.41, 5.74) is 3.79. The lowest BCUT2D eigenvalue weighted by atomic mass is 10.2. The minimum absolute atomic E-state index is 0. The van der Waals surface area contributed by atoms with Gasteiger partial charge in [0.25, 0.3) is 0 Å². The number of imidazole rings is 1. The van der Waals surface area contributed by atoms with Crippen molar-refractivity contribution in [2.45, 2.75) is 6.54 Å². The summed E-state index contributed by atoms with van der Waals surface area (Å²) in [6.45, 7) is 0.900. The van der Waals surface area contributed by atoms with Gasteiger partial charge in [0.2, 0.25) is 6.33 Å². The molecule has 2 aromatic carbocycles. The summed E-state index contributed by atoms with van der Waals surface area (Å²) in [4.78, 5) is 0. The predicted octanol–water partition coefficient (Wildman–Crippen LogP) is -0.392. The molecule has 0 bridgehead atoms. The molecular weight excluding hydrogens is 296 g/mol. The van der Waals surface area contributed by atoms with E-state index in [1.807, 2.05) is 0 Å². The lowest BCUT2D eigenvalue weighted by Gasteiger charge is -1.96. The minimum atomic E-state index is 0. The maximum absolute atomic E-state index is 2.25. The number of halogens is 1. The molecule has 0 atom stereocenters. The Bertz CT molecular complexity index is 887. The SMILES string of the molecule is O.[Cl-].c1ccc(C[n+]2cc3ccc4ccccc4n3c2)cc1. The summed E-state index contributed by atoms with van der Waals surface area (Å²) in [7, 11) is 0. The molecule has 0 radical (unpaired) electrons. The summed E-state index contributed by atoms with van der Waals surface area (Å²) in [5, 5.41) is 1.27. The number of hydrogen-bond donors (Lipinski definition) is 0. The van der Waals surface area contributed by atoms with E-state index in [9.17, 15) is 0 Å². The van der Waals surface area contributed by atoms with Crippen molar-refractivity contribution in [3.8, 4) is 0 Å². The van der Waals surface area contributed by atoms with Gasteiger partial charge in [0.05, 0.1) is 0 Å². The van der Waals surface area contributed by atoms with Crippen LogP contribution in [0.5, 0.6) is 0 Å². The number of pyridine rings is 1. The van der Waals surface area contributed by atoms with Crippen LogP contribution in [0.15, 0.2) is 79.3 Å². The summed E-state index contributed by atoms with van der Waals surface area (Å²) in [6, 6.07) is 23.4. The zero-order chi connectivity index (χ0) is 13.4. The summed E-state index contributed by atoms with van der Waals surface area (Å²) >= 11 is 0. The normalized spacial score (nSPS) is 10.2. The van der Waals surface area contributed by atoms with Crippen molar-refractivity contribution < 1.29 is 22.5 Å².